The average molecular weight is 393 g/mol. The highest BCUT2D eigenvalue weighted by Crippen LogP contribution is 2.27. The van der Waals surface area contributed by atoms with Crippen molar-refractivity contribution < 1.29 is 4.92 Å². The van der Waals surface area contributed by atoms with Gasteiger partial charge < -0.3 is 10.6 Å². The summed E-state index contributed by atoms with van der Waals surface area (Å²) in [6.07, 6.45) is 0.783. The van der Waals surface area contributed by atoms with Gasteiger partial charge in [-0.3, -0.25) is 10.1 Å². The smallest absolute Gasteiger partial charge is 0.274 e. The van der Waals surface area contributed by atoms with Crippen LogP contribution in [0.4, 0.5) is 11.4 Å². The minimum atomic E-state index is -0.593. The summed E-state index contributed by atoms with van der Waals surface area (Å²) in [7, 11) is 0. The zero-order valence-electron chi connectivity index (χ0n) is 11.3. The maximum Gasteiger partial charge on any atom is 0.274 e. The van der Waals surface area contributed by atoms with Crippen molar-refractivity contribution in [2.75, 3.05) is 10.6 Å². The molecule has 0 aromatic heterocycles. The fraction of sp³-hybridized carbons (Fsp3) is 0. The molecule has 120 valence electrons. The lowest BCUT2D eigenvalue weighted by Gasteiger charge is -2.12. The minimum absolute atomic E-state index is 0.117. The number of nitrogens with zero attached hydrogens (tertiary/aromatic N) is 1. The van der Waals surface area contributed by atoms with Crippen LogP contribution in [0.15, 0.2) is 48.4 Å². The number of hydrogen-bond acceptors (Lipinski definition) is 4. The molecule has 0 aliphatic carbocycles. The van der Waals surface area contributed by atoms with Crippen molar-refractivity contribution >= 4 is 57.8 Å². The number of rotatable bonds is 5. The predicted octanol–water partition coefficient (Wildman–Crippen LogP) is 5.90. The molecule has 5 nitrogen and oxygen atoms in total. The first kappa shape index (κ1) is 17.7. The van der Waals surface area contributed by atoms with Crippen molar-refractivity contribution in [3.05, 3.63) is 78.6 Å². The molecule has 0 saturated carbocycles. The van der Waals surface area contributed by atoms with Crippen molar-refractivity contribution in [2.24, 2.45) is 0 Å². The van der Waals surface area contributed by atoms with Gasteiger partial charge in [-0.2, -0.15) is 0 Å². The van der Waals surface area contributed by atoms with Crippen LogP contribution in [-0.2, 0) is 0 Å². The minimum Gasteiger partial charge on any atom is -0.337 e. The van der Waals surface area contributed by atoms with Gasteiger partial charge in [0.15, 0.2) is 5.82 Å². The summed E-state index contributed by atoms with van der Waals surface area (Å²) in [6.45, 7) is 0. The predicted molar refractivity (Wildman–Crippen MR) is 95.2 cm³/mol. The van der Waals surface area contributed by atoms with Crippen molar-refractivity contribution in [1.82, 2.24) is 0 Å². The number of anilines is 2. The highest BCUT2D eigenvalue weighted by atomic mass is 35.5. The molecular weight excluding hydrogens is 384 g/mol. The fourth-order valence-corrected chi connectivity index (χ4v) is 2.26. The molecule has 0 radical (unpaired) electrons. The van der Waals surface area contributed by atoms with Crippen LogP contribution in [0, 0.1) is 10.1 Å². The van der Waals surface area contributed by atoms with Gasteiger partial charge in [0.2, 0.25) is 0 Å². The van der Waals surface area contributed by atoms with Crippen LogP contribution in [0.2, 0.25) is 20.1 Å². The zero-order valence-corrected chi connectivity index (χ0v) is 14.3. The van der Waals surface area contributed by atoms with E-state index in [1.807, 2.05) is 0 Å². The van der Waals surface area contributed by atoms with Gasteiger partial charge in [-0.05, 0) is 36.4 Å². The first-order valence-corrected chi connectivity index (χ1v) is 7.66. The number of halogens is 4. The molecule has 0 fully saturated rings. The first-order valence-electron chi connectivity index (χ1n) is 6.14. The summed E-state index contributed by atoms with van der Waals surface area (Å²) in [5.74, 6) is 0.117. The Balaban J connectivity index is 2.24. The summed E-state index contributed by atoms with van der Waals surface area (Å²) in [5, 5.41) is 17.9. The topological polar surface area (TPSA) is 67.2 Å². The van der Waals surface area contributed by atoms with E-state index in [4.69, 9.17) is 46.4 Å². The summed E-state index contributed by atoms with van der Waals surface area (Å²) >= 11 is 23.5. The third kappa shape index (κ3) is 5.18. The Morgan fingerprint density at radius 3 is 1.65 bits per heavy atom. The van der Waals surface area contributed by atoms with Gasteiger partial charge in [0, 0.05) is 11.4 Å². The third-order valence-corrected chi connectivity index (χ3v) is 4.11. The summed E-state index contributed by atoms with van der Waals surface area (Å²) in [4.78, 5) is 10.2. The molecule has 0 bridgehead atoms. The number of benzene rings is 2. The molecular formula is C14H9Cl4N3O2. The number of hydrogen-bond donors (Lipinski definition) is 2. The molecule has 0 unspecified atom stereocenters. The van der Waals surface area contributed by atoms with Crippen LogP contribution in [0.5, 0.6) is 0 Å². The van der Waals surface area contributed by atoms with Gasteiger partial charge in [0.25, 0.3) is 6.20 Å². The summed E-state index contributed by atoms with van der Waals surface area (Å²) < 4.78 is 0. The summed E-state index contributed by atoms with van der Waals surface area (Å²) in [5.41, 5.74) is 1.06. The standard InChI is InChI=1S/C14H9Cl4N3O2/c15-10-3-1-8(5-12(10)17)19-14(7-21(22)23)20-9-2-4-11(16)13(18)6-9/h1-7,19-20H. The Morgan fingerprint density at radius 1 is 0.870 bits per heavy atom. The van der Waals surface area contributed by atoms with Gasteiger partial charge in [0.05, 0.1) is 25.0 Å². The highest BCUT2D eigenvalue weighted by molar-refractivity contribution is 6.42. The van der Waals surface area contributed by atoms with Crippen molar-refractivity contribution in [3.63, 3.8) is 0 Å². The lowest BCUT2D eigenvalue weighted by Crippen LogP contribution is -2.11. The molecule has 2 aromatic carbocycles. The van der Waals surface area contributed by atoms with Crippen LogP contribution in [-0.4, -0.2) is 4.92 Å². The molecule has 0 heterocycles. The molecule has 23 heavy (non-hydrogen) atoms. The van der Waals surface area contributed by atoms with Crippen LogP contribution >= 0.6 is 46.4 Å². The van der Waals surface area contributed by atoms with Gasteiger partial charge >= 0.3 is 0 Å². The van der Waals surface area contributed by atoms with E-state index < -0.39 is 4.92 Å². The Hall–Kier alpha value is -1.66. The molecule has 0 spiro atoms. The molecule has 0 atom stereocenters. The quantitative estimate of drug-likeness (QED) is 0.491. The monoisotopic (exact) mass is 391 g/mol. The fourth-order valence-electron chi connectivity index (χ4n) is 1.66. The molecule has 0 aliphatic rings. The van der Waals surface area contributed by atoms with Gasteiger partial charge in [-0.15, -0.1) is 0 Å². The SMILES string of the molecule is O=[N+]([O-])C=C(Nc1ccc(Cl)c(Cl)c1)Nc1ccc(Cl)c(Cl)c1. The van der Waals surface area contributed by atoms with E-state index in [2.05, 4.69) is 10.6 Å². The molecule has 0 amide bonds. The largest absolute Gasteiger partial charge is 0.337 e. The highest BCUT2D eigenvalue weighted by Gasteiger charge is 2.08. The van der Waals surface area contributed by atoms with Gasteiger partial charge in [-0.1, -0.05) is 46.4 Å². The summed E-state index contributed by atoms with van der Waals surface area (Å²) in [6, 6.07) is 9.53. The second-order valence-electron chi connectivity index (χ2n) is 4.34. The number of nitro groups is 1. The van der Waals surface area contributed by atoms with Crippen molar-refractivity contribution in [3.8, 4) is 0 Å². The normalized spacial score (nSPS) is 10.1. The van der Waals surface area contributed by atoms with Gasteiger partial charge in [-0.25, -0.2) is 0 Å². The molecule has 2 N–H and O–H groups in total. The van der Waals surface area contributed by atoms with Crippen molar-refractivity contribution in [1.29, 1.82) is 0 Å². The Bertz CT molecular complexity index is 725. The Morgan fingerprint density at radius 2 is 1.30 bits per heavy atom. The van der Waals surface area contributed by atoms with E-state index in [1.165, 1.54) is 0 Å². The van der Waals surface area contributed by atoms with E-state index in [0.29, 0.717) is 31.5 Å². The van der Waals surface area contributed by atoms with E-state index in [9.17, 15) is 10.1 Å². The lowest BCUT2D eigenvalue weighted by molar-refractivity contribution is -0.403. The molecule has 2 aromatic rings. The van der Waals surface area contributed by atoms with E-state index in [1.54, 1.807) is 36.4 Å². The van der Waals surface area contributed by atoms with Crippen LogP contribution in [0.1, 0.15) is 0 Å². The van der Waals surface area contributed by atoms with Crippen LogP contribution in [0.25, 0.3) is 0 Å². The Labute approximate surface area is 151 Å². The lowest BCUT2D eigenvalue weighted by atomic mass is 10.3. The van der Waals surface area contributed by atoms with Gasteiger partial charge in [0.1, 0.15) is 0 Å². The van der Waals surface area contributed by atoms with E-state index in [-0.39, 0.29) is 5.82 Å². The Kier molecular flexibility index (Phi) is 5.96. The molecule has 2 rings (SSSR count). The van der Waals surface area contributed by atoms with E-state index >= 15 is 0 Å². The second kappa shape index (κ2) is 7.75. The number of nitrogens with one attached hydrogen (secondary N) is 2. The molecule has 9 heteroatoms. The van der Waals surface area contributed by atoms with Crippen LogP contribution < -0.4 is 10.6 Å². The zero-order chi connectivity index (χ0) is 17.0. The van der Waals surface area contributed by atoms with E-state index in [0.717, 1.165) is 6.20 Å². The van der Waals surface area contributed by atoms with Crippen LogP contribution in [0.3, 0.4) is 0 Å². The van der Waals surface area contributed by atoms with Crippen molar-refractivity contribution in [2.45, 2.75) is 0 Å². The maximum atomic E-state index is 10.8. The molecule has 0 aliphatic heterocycles. The molecule has 0 saturated heterocycles. The second-order valence-corrected chi connectivity index (χ2v) is 5.96. The maximum absolute atomic E-state index is 10.8. The third-order valence-electron chi connectivity index (χ3n) is 2.63. The average Bonchev–Trinajstić information content (AvgIpc) is 2.46. The first-order chi connectivity index (χ1) is 10.8.